The van der Waals surface area contributed by atoms with Crippen LogP contribution in [0.1, 0.15) is 25.3 Å². The van der Waals surface area contributed by atoms with E-state index in [1.165, 1.54) is 12.1 Å². The van der Waals surface area contributed by atoms with Gasteiger partial charge in [0, 0.05) is 19.6 Å². The number of amides is 1. The molecule has 1 aliphatic rings. The fraction of sp³-hybridized carbons (Fsp3) is 0.381. The second-order valence-electron chi connectivity index (χ2n) is 7.11. The van der Waals surface area contributed by atoms with E-state index in [1.807, 2.05) is 30.3 Å². The summed E-state index contributed by atoms with van der Waals surface area (Å²) in [6.07, 6.45) is 1.77. The van der Waals surface area contributed by atoms with Crippen LogP contribution >= 0.6 is 0 Å². The molecule has 1 heterocycles. The van der Waals surface area contributed by atoms with Crippen LogP contribution in [0.3, 0.4) is 0 Å². The van der Waals surface area contributed by atoms with Crippen molar-refractivity contribution < 1.29 is 17.9 Å². The smallest absolute Gasteiger partial charge is 0.258 e. The van der Waals surface area contributed by atoms with Crippen molar-refractivity contribution in [1.29, 1.82) is 0 Å². The summed E-state index contributed by atoms with van der Waals surface area (Å²) in [6.45, 7) is 3.58. The second-order valence-corrected chi connectivity index (χ2v) is 9.05. The van der Waals surface area contributed by atoms with Crippen molar-refractivity contribution >= 4 is 15.9 Å². The van der Waals surface area contributed by atoms with Crippen molar-refractivity contribution in [3.8, 4) is 5.75 Å². The van der Waals surface area contributed by atoms with Crippen LogP contribution in [-0.4, -0.2) is 38.3 Å². The van der Waals surface area contributed by atoms with E-state index >= 15 is 0 Å². The lowest BCUT2D eigenvalue weighted by atomic mass is 10.0. The quantitative estimate of drug-likeness (QED) is 0.773. The molecular weight excluding hydrogens is 376 g/mol. The molecule has 0 atom stereocenters. The van der Waals surface area contributed by atoms with Gasteiger partial charge in [-0.05, 0) is 48.6 Å². The van der Waals surface area contributed by atoms with Gasteiger partial charge in [-0.3, -0.25) is 4.79 Å². The number of ether oxygens (including phenoxy) is 1. The third kappa shape index (κ3) is 5.33. The molecule has 0 aliphatic carbocycles. The summed E-state index contributed by atoms with van der Waals surface area (Å²) in [6, 6.07) is 15.9. The van der Waals surface area contributed by atoms with E-state index < -0.39 is 10.0 Å². The third-order valence-corrected chi connectivity index (χ3v) is 6.82. The van der Waals surface area contributed by atoms with Gasteiger partial charge in [0.05, 0.1) is 4.90 Å². The fourth-order valence-electron chi connectivity index (χ4n) is 3.08. The summed E-state index contributed by atoms with van der Waals surface area (Å²) in [5.74, 6) is 0.791. The van der Waals surface area contributed by atoms with Gasteiger partial charge >= 0.3 is 0 Å². The Labute approximate surface area is 166 Å². The van der Waals surface area contributed by atoms with E-state index in [0.717, 1.165) is 18.4 Å². The highest BCUT2D eigenvalue weighted by molar-refractivity contribution is 7.89. The Morgan fingerprint density at radius 1 is 1.07 bits per heavy atom. The molecule has 0 radical (unpaired) electrons. The number of benzene rings is 2. The van der Waals surface area contributed by atoms with Crippen LogP contribution in [0.15, 0.2) is 59.5 Å². The van der Waals surface area contributed by atoms with Crippen LogP contribution in [-0.2, 0) is 21.4 Å². The van der Waals surface area contributed by atoms with Crippen molar-refractivity contribution in [1.82, 2.24) is 9.62 Å². The molecular formula is C21H26N2O4S. The summed E-state index contributed by atoms with van der Waals surface area (Å²) in [5, 5.41) is 2.78. The van der Waals surface area contributed by atoms with E-state index in [1.54, 1.807) is 16.4 Å². The first kappa shape index (κ1) is 20.4. The van der Waals surface area contributed by atoms with E-state index in [-0.39, 0.29) is 17.4 Å². The van der Waals surface area contributed by atoms with E-state index in [2.05, 4.69) is 12.2 Å². The molecule has 1 saturated heterocycles. The molecule has 28 heavy (non-hydrogen) atoms. The summed E-state index contributed by atoms with van der Waals surface area (Å²) < 4.78 is 32.4. The van der Waals surface area contributed by atoms with Crippen molar-refractivity contribution in [2.24, 2.45) is 5.92 Å². The largest absolute Gasteiger partial charge is 0.484 e. The summed E-state index contributed by atoms with van der Waals surface area (Å²) in [7, 11) is -3.47. The molecule has 1 amide bonds. The predicted octanol–water partition coefficient (Wildman–Crippen LogP) is 2.80. The van der Waals surface area contributed by atoms with Gasteiger partial charge in [0.15, 0.2) is 6.61 Å². The lowest BCUT2D eigenvalue weighted by Gasteiger charge is -2.29. The first-order valence-electron chi connectivity index (χ1n) is 9.49. The number of hydrogen-bond acceptors (Lipinski definition) is 4. The number of rotatable bonds is 7. The summed E-state index contributed by atoms with van der Waals surface area (Å²) in [4.78, 5) is 12.2. The zero-order chi connectivity index (χ0) is 20.0. The number of sulfonamides is 1. The topological polar surface area (TPSA) is 75.7 Å². The van der Waals surface area contributed by atoms with Crippen molar-refractivity contribution in [3.63, 3.8) is 0 Å². The first-order valence-corrected chi connectivity index (χ1v) is 10.9. The Kier molecular flexibility index (Phi) is 6.70. The zero-order valence-electron chi connectivity index (χ0n) is 16.0. The Morgan fingerprint density at radius 3 is 2.36 bits per heavy atom. The third-order valence-electron chi connectivity index (χ3n) is 4.91. The number of nitrogens with zero attached hydrogens (tertiary/aromatic N) is 1. The molecule has 3 rings (SSSR count). The highest BCUT2D eigenvalue weighted by Crippen LogP contribution is 2.24. The molecule has 1 fully saturated rings. The first-order chi connectivity index (χ1) is 13.4. The number of carbonyl (C=O) groups is 1. The molecule has 0 saturated carbocycles. The summed E-state index contributed by atoms with van der Waals surface area (Å²) >= 11 is 0. The van der Waals surface area contributed by atoms with Gasteiger partial charge in [-0.1, -0.05) is 37.3 Å². The highest BCUT2D eigenvalue weighted by Gasteiger charge is 2.27. The molecule has 0 spiro atoms. The van der Waals surface area contributed by atoms with Crippen LogP contribution in [0.2, 0.25) is 0 Å². The Morgan fingerprint density at radius 2 is 1.71 bits per heavy atom. The number of carbonyl (C=O) groups excluding carboxylic acids is 1. The zero-order valence-corrected chi connectivity index (χ0v) is 16.8. The van der Waals surface area contributed by atoms with Crippen molar-refractivity contribution in [2.45, 2.75) is 31.2 Å². The van der Waals surface area contributed by atoms with Crippen molar-refractivity contribution in [3.05, 3.63) is 60.2 Å². The van der Waals surface area contributed by atoms with Crippen LogP contribution in [0.4, 0.5) is 0 Å². The summed E-state index contributed by atoms with van der Waals surface area (Å²) in [5.41, 5.74) is 1.01. The van der Waals surface area contributed by atoms with Crippen LogP contribution in [0, 0.1) is 5.92 Å². The normalized spacial score (nSPS) is 15.9. The molecule has 0 bridgehead atoms. The maximum absolute atomic E-state index is 12.7. The molecule has 0 unspecified atom stereocenters. The maximum atomic E-state index is 12.7. The van der Waals surface area contributed by atoms with Gasteiger partial charge in [-0.25, -0.2) is 8.42 Å². The van der Waals surface area contributed by atoms with E-state index in [4.69, 9.17) is 4.74 Å². The SMILES string of the molecule is CC1CCN(S(=O)(=O)c2ccc(OCC(=O)NCc3ccccc3)cc2)CC1. The van der Waals surface area contributed by atoms with Crippen LogP contribution < -0.4 is 10.1 Å². The average molecular weight is 403 g/mol. The molecule has 6 nitrogen and oxygen atoms in total. The fourth-order valence-corrected chi connectivity index (χ4v) is 4.55. The van der Waals surface area contributed by atoms with Gasteiger partial charge in [0.25, 0.3) is 5.91 Å². The predicted molar refractivity (Wildman–Crippen MR) is 107 cm³/mol. The second kappa shape index (κ2) is 9.21. The number of nitrogens with one attached hydrogen (secondary N) is 1. The number of hydrogen-bond donors (Lipinski definition) is 1. The van der Waals surface area contributed by atoms with Crippen molar-refractivity contribution in [2.75, 3.05) is 19.7 Å². The Hall–Kier alpha value is -2.38. The molecule has 0 aromatic heterocycles. The highest BCUT2D eigenvalue weighted by atomic mass is 32.2. The van der Waals surface area contributed by atoms with E-state index in [0.29, 0.717) is 31.3 Å². The van der Waals surface area contributed by atoms with Gasteiger partial charge in [-0.2, -0.15) is 4.31 Å². The molecule has 7 heteroatoms. The standard InChI is InChI=1S/C21H26N2O4S/c1-17-11-13-23(14-12-17)28(25,26)20-9-7-19(8-10-20)27-16-21(24)22-15-18-5-3-2-4-6-18/h2-10,17H,11-16H2,1H3,(H,22,24). The van der Waals surface area contributed by atoms with Gasteiger partial charge < -0.3 is 10.1 Å². The van der Waals surface area contributed by atoms with Gasteiger partial charge in [0.2, 0.25) is 10.0 Å². The average Bonchev–Trinajstić information content (AvgIpc) is 2.72. The lowest BCUT2D eigenvalue weighted by molar-refractivity contribution is -0.123. The number of piperidine rings is 1. The minimum atomic E-state index is -3.47. The van der Waals surface area contributed by atoms with Gasteiger partial charge in [-0.15, -0.1) is 0 Å². The molecule has 1 N–H and O–H groups in total. The minimum Gasteiger partial charge on any atom is -0.484 e. The minimum absolute atomic E-state index is 0.122. The lowest BCUT2D eigenvalue weighted by Crippen LogP contribution is -2.37. The van der Waals surface area contributed by atoms with Crippen LogP contribution in [0.5, 0.6) is 5.75 Å². The Bertz CT molecular complexity index is 874. The Balaban J connectivity index is 1.50. The van der Waals surface area contributed by atoms with Gasteiger partial charge in [0.1, 0.15) is 5.75 Å². The molecule has 1 aliphatic heterocycles. The van der Waals surface area contributed by atoms with E-state index in [9.17, 15) is 13.2 Å². The molecule has 150 valence electrons. The monoisotopic (exact) mass is 402 g/mol. The molecule has 2 aromatic carbocycles. The molecule has 2 aromatic rings. The maximum Gasteiger partial charge on any atom is 0.258 e. The van der Waals surface area contributed by atoms with Crippen LogP contribution in [0.25, 0.3) is 0 Å².